The number of benzene rings is 1. The summed E-state index contributed by atoms with van der Waals surface area (Å²) in [6, 6.07) is 4.79. The van der Waals surface area contributed by atoms with Gasteiger partial charge in [0.25, 0.3) is 5.91 Å². The number of methoxy groups -OCH3 is 1. The van der Waals surface area contributed by atoms with Crippen molar-refractivity contribution in [3.63, 3.8) is 0 Å². The summed E-state index contributed by atoms with van der Waals surface area (Å²) < 4.78 is 5.40. The Bertz CT molecular complexity index is 486. The molecule has 0 aliphatic rings. The molecule has 0 bridgehead atoms. The fourth-order valence-electron chi connectivity index (χ4n) is 1.65. The van der Waals surface area contributed by atoms with E-state index in [0.29, 0.717) is 10.0 Å². The zero-order valence-corrected chi connectivity index (χ0v) is 13.1. The van der Waals surface area contributed by atoms with Crippen molar-refractivity contribution in [2.24, 2.45) is 5.92 Å². The van der Waals surface area contributed by atoms with Gasteiger partial charge < -0.3 is 10.1 Å². The summed E-state index contributed by atoms with van der Waals surface area (Å²) in [6.07, 6.45) is 0. The SMILES string of the molecule is COC(=O)[C@@H](NC(=O)c1ccc(C)cc1Br)C(C)C. The minimum Gasteiger partial charge on any atom is -0.467 e. The van der Waals surface area contributed by atoms with Crippen LogP contribution in [0.25, 0.3) is 0 Å². The standard InChI is InChI=1S/C14H18BrNO3/c1-8(2)12(14(18)19-4)16-13(17)10-6-5-9(3)7-11(10)15/h5-8,12H,1-4H3,(H,16,17)/t12-/m0/s1. The number of carbonyl (C=O) groups is 2. The summed E-state index contributed by atoms with van der Waals surface area (Å²) in [7, 11) is 1.31. The maximum absolute atomic E-state index is 12.2. The predicted octanol–water partition coefficient (Wildman–Crippen LogP) is 2.68. The van der Waals surface area contributed by atoms with Gasteiger partial charge in [0.15, 0.2) is 0 Å². The summed E-state index contributed by atoms with van der Waals surface area (Å²) in [5.74, 6) is -0.775. The van der Waals surface area contributed by atoms with E-state index in [1.165, 1.54) is 7.11 Å². The van der Waals surface area contributed by atoms with Gasteiger partial charge in [-0.15, -0.1) is 0 Å². The smallest absolute Gasteiger partial charge is 0.328 e. The molecule has 19 heavy (non-hydrogen) atoms. The van der Waals surface area contributed by atoms with Crippen LogP contribution in [0.3, 0.4) is 0 Å². The molecule has 0 saturated carbocycles. The fraction of sp³-hybridized carbons (Fsp3) is 0.429. The molecule has 0 spiro atoms. The Balaban J connectivity index is 2.91. The lowest BCUT2D eigenvalue weighted by Crippen LogP contribution is -2.45. The van der Waals surface area contributed by atoms with E-state index in [9.17, 15) is 9.59 Å². The average molecular weight is 328 g/mol. The summed E-state index contributed by atoms with van der Waals surface area (Å²) in [5, 5.41) is 2.70. The predicted molar refractivity (Wildman–Crippen MR) is 77.0 cm³/mol. The van der Waals surface area contributed by atoms with E-state index in [4.69, 9.17) is 4.74 Å². The first-order valence-electron chi connectivity index (χ1n) is 6.01. The van der Waals surface area contributed by atoms with Gasteiger partial charge in [-0.05, 0) is 46.5 Å². The quantitative estimate of drug-likeness (QED) is 0.865. The molecular formula is C14H18BrNO3. The Kier molecular flexibility index (Phi) is 5.54. The largest absolute Gasteiger partial charge is 0.467 e. The van der Waals surface area contributed by atoms with Crippen LogP contribution in [-0.4, -0.2) is 25.0 Å². The van der Waals surface area contributed by atoms with Gasteiger partial charge in [-0.2, -0.15) is 0 Å². The molecule has 0 heterocycles. The van der Waals surface area contributed by atoms with Crippen molar-refractivity contribution < 1.29 is 14.3 Å². The zero-order valence-electron chi connectivity index (χ0n) is 11.5. The molecule has 1 aromatic rings. The highest BCUT2D eigenvalue weighted by Crippen LogP contribution is 2.18. The third-order valence-corrected chi connectivity index (χ3v) is 3.43. The molecule has 0 unspecified atom stereocenters. The van der Waals surface area contributed by atoms with Crippen molar-refractivity contribution in [2.75, 3.05) is 7.11 Å². The first kappa shape index (κ1) is 15.7. The molecule has 0 aliphatic heterocycles. The third kappa shape index (κ3) is 4.06. The van der Waals surface area contributed by atoms with Crippen LogP contribution >= 0.6 is 15.9 Å². The van der Waals surface area contributed by atoms with Crippen molar-refractivity contribution in [2.45, 2.75) is 26.8 Å². The maximum atomic E-state index is 12.2. The van der Waals surface area contributed by atoms with Gasteiger partial charge in [0.1, 0.15) is 6.04 Å². The second-order valence-electron chi connectivity index (χ2n) is 4.70. The molecule has 0 radical (unpaired) electrons. The van der Waals surface area contributed by atoms with E-state index in [2.05, 4.69) is 21.2 Å². The molecule has 5 heteroatoms. The average Bonchev–Trinajstić information content (AvgIpc) is 2.34. The zero-order chi connectivity index (χ0) is 14.6. The number of carbonyl (C=O) groups excluding carboxylic acids is 2. The number of hydrogen-bond acceptors (Lipinski definition) is 3. The maximum Gasteiger partial charge on any atom is 0.328 e. The molecule has 1 atom stereocenters. The number of ether oxygens (including phenoxy) is 1. The molecule has 0 aliphatic carbocycles. The van der Waals surface area contributed by atoms with E-state index < -0.39 is 12.0 Å². The number of aryl methyl sites for hydroxylation is 1. The number of rotatable bonds is 4. The lowest BCUT2D eigenvalue weighted by Gasteiger charge is -2.20. The molecule has 0 aromatic heterocycles. The monoisotopic (exact) mass is 327 g/mol. The van der Waals surface area contributed by atoms with E-state index in [-0.39, 0.29) is 11.8 Å². The topological polar surface area (TPSA) is 55.4 Å². The van der Waals surface area contributed by atoms with Crippen LogP contribution in [0.5, 0.6) is 0 Å². The summed E-state index contributed by atoms with van der Waals surface area (Å²) in [6.45, 7) is 5.65. The lowest BCUT2D eigenvalue weighted by atomic mass is 10.0. The number of amides is 1. The van der Waals surface area contributed by atoms with Crippen LogP contribution in [0.4, 0.5) is 0 Å². The van der Waals surface area contributed by atoms with Crippen LogP contribution in [0.2, 0.25) is 0 Å². The molecule has 1 amide bonds. The van der Waals surface area contributed by atoms with E-state index in [1.807, 2.05) is 32.9 Å². The van der Waals surface area contributed by atoms with Gasteiger partial charge in [0.2, 0.25) is 0 Å². The van der Waals surface area contributed by atoms with Crippen molar-refractivity contribution >= 4 is 27.8 Å². The van der Waals surface area contributed by atoms with Crippen molar-refractivity contribution in [1.82, 2.24) is 5.32 Å². The molecule has 1 N–H and O–H groups in total. The summed E-state index contributed by atoms with van der Waals surface area (Å²) in [5.41, 5.74) is 1.55. The van der Waals surface area contributed by atoms with E-state index in [0.717, 1.165) is 5.56 Å². The Morgan fingerprint density at radius 3 is 2.42 bits per heavy atom. The van der Waals surface area contributed by atoms with E-state index >= 15 is 0 Å². The molecule has 4 nitrogen and oxygen atoms in total. The minimum absolute atomic E-state index is 0.0411. The molecular weight excluding hydrogens is 310 g/mol. The third-order valence-electron chi connectivity index (χ3n) is 2.78. The Labute approximate surface area is 121 Å². The first-order chi connectivity index (χ1) is 8.86. The van der Waals surface area contributed by atoms with Gasteiger partial charge in [-0.1, -0.05) is 19.9 Å². The molecule has 1 rings (SSSR count). The Hall–Kier alpha value is -1.36. The van der Waals surface area contributed by atoms with Gasteiger partial charge in [0, 0.05) is 4.47 Å². The van der Waals surface area contributed by atoms with Crippen LogP contribution < -0.4 is 5.32 Å². The van der Waals surface area contributed by atoms with Crippen molar-refractivity contribution in [1.29, 1.82) is 0 Å². The van der Waals surface area contributed by atoms with Crippen LogP contribution in [0.1, 0.15) is 29.8 Å². The van der Waals surface area contributed by atoms with Gasteiger partial charge in [0.05, 0.1) is 12.7 Å². The normalized spacial score (nSPS) is 12.1. The Morgan fingerprint density at radius 2 is 1.95 bits per heavy atom. The minimum atomic E-state index is -0.647. The van der Waals surface area contributed by atoms with Crippen LogP contribution in [-0.2, 0) is 9.53 Å². The van der Waals surface area contributed by atoms with E-state index in [1.54, 1.807) is 6.07 Å². The van der Waals surface area contributed by atoms with Crippen LogP contribution in [0, 0.1) is 12.8 Å². The second-order valence-corrected chi connectivity index (χ2v) is 5.56. The molecule has 1 aromatic carbocycles. The number of nitrogens with one attached hydrogen (secondary N) is 1. The number of halogens is 1. The number of hydrogen-bond donors (Lipinski definition) is 1. The molecule has 0 saturated heterocycles. The Morgan fingerprint density at radius 1 is 1.32 bits per heavy atom. The van der Waals surface area contributed by atoms with Crippen molar-refractivity contribution in [3.05, 3.63) is 33.8 Å². The fourth-order valence-corrected chi connectivity index (χ4v) is 2.32. The van der Waals surface area contributed by atoms with Crippen molar-refractivity contribution in [3.8, 4) is 0 Å². The van der Waals surface area contributed by atoms with Gasteiger partial charge in [-0.3, -0.25) is 4.79 Å². The molecule has 0 fully saturated rings. The highest BCUT2D eigenvalue weighted by molar-refractivity contribution is 9.10. The first-order valence-corrected chi connectivity index (χ1v) is 6.81. The number of esters is 1. The second kappa shape index (κ2) is 6.70. The van der Waals surface area contributed by atoms with Gasteiger partial charge in [-0.25, -0.2) is 4.79 Å². The lowest BCUT2D eigenvalue weighted by molar-refractivity contribution is -0.144. The summed E-state index contributed by atoms with van der Waals surface area (Å²) >= 11 is 3.35. The highest BCUT2D eigenvalue weighted by atomic mass is 79.9. The van der Waals surface area contributed by atoms with Gasteiger partial charge >= 0.3 is 5.97 Å². The summed E-state index contributed by atoms with van der Waals surface area (Å²) in [4.78, 5) is 23.8. The molecule has 104 valence electrons. The van der Waals surface area contributed by atoms with Crippen LogP contribution in [0.15, 0.2) is 22.7 Å². The highest BCUT2D eigenvalue weighted by Gasteiger charge is 2.25.